The van der Waals surface area contributed by atoms with Gasteiger partial charge in [0.2, 0.25) is 0 Å². The number of halogens is 5. The van der Waals surface area contributed by atoms with E-state index in [-0.39, 0.29) is 34.3 Å². The zero-order valence-corrected chi connectivity index (χ0v) is 21.2. The van der Waals surface area contributed by atoms with Gasteiger partial charge in [0.15, 0.2) is 0 Å². The molecule has 0 bridgehead atoms. The van der Waals surface area contributed by atoms with Gasteiger partial charge in [-0.05, 0) is 29.8 Å². The van der Waals surface area contributed by atoms with Gasteiger partial charge in [-0.3, -0.25) is 0 Å². The van der Waals surface area contributed by atoms with Crippen LogP contribution in [0.2, 0.25) is 10.0 Å². The number of aliphatic hydroxyl groups is 1. The molecule has 1 saturated heterocycles. The monoisotopic (exact) mass is 563 g/mol. The Hall–Kier alpha value is -2.40. The molecule has 0 aliphatic carbocycles. The van der Waals surface area contributed by atoms with E-state index in [9.17, 15) is 28.2 Å². The van der Waals surface area contributed by atoms with Gasteiger partial charge in [0.05, 0.1) is 18.1 Å². The van der Waals surface area contributed by atoms with Crippen LogP contribution in [0.3, 0.4) is 0 Å². The summed E-state index contributed by atoms with van der Waals surface area (Å²) in [5, 5.41) is 20.5. The summed E-state index contributed by atoms with van der Waals surface area (Å²) in [6, 6.07) is 7.79. The number of hydrogen-bond donors (Lipinski definition) is 2. The first-order chi connectivity index (χ1) is 17.4. The van der Waals surface area contributed by atoms with Crippen LogP contribution in [0.5, 0.6) is 17.2 Å². The molecule has 1 atom stereocenters. The van der Waals surface area contributed by atoms with Gasteiger partial charge in [0.1, 0.15) is 41.1 Å². The van der Waals surface area contributed by atoms with Gasteiger partial charge in [-0.1, -0.05) is 23.2 Å². The lowest BCUT2D eigenvalue weighted by atomic mass is 9.87. The number of fused-ring (bicyclic) bond motifs is 1. The summed E-state index contributed by atoms with van der Waals surface area (Å²) in [6.07, 6.45) is -4.23. The number of alkyl halides is 3. The van der Waals surface area contributed by atoms with Gasteiger partial charge in [0, 0.05) is 50.0 Å². The van der Waals surface area contributed by atoms with E-state index in [4.69, 9.17) is 37.4 Å². The van der Waals surface area contributed by atoms with Crippen LogP contribution in [-0.4, -0.2) is 71.8 Å². The number of aliphatic hydroxyl groups excluding tert-OH is 1. The second kappa shape index (κ2) is 11.1. The minimum Gasteiger partial charge on any atom is -0.492 e. The number of hydrogen-bond acceptors (Lipinski definition) is 6. The van der Waals surface area contributed by atoms with Gasteiger partial charge in [-0.15, -0.1) is 0 Å². The molecule has 1 fully saturated rings. The normalized spacial score (nSPS) is 17.8. The second-order valence-electron chi connectivity index (χ2n) is 9.28. The van der Waals surface area contributed by atoms with Crippen LogP contribution in [-0.2, 0) is 6.42 Å². The Labute approximate surface area is 221 Å². The Kier molecular flexibility index (Phi) is 8.32. The molecule has 2 aliphatic rings. The van der Waals surface area contributed by atoms with Crippen molar-refractivity contribution < 1.29 is 42.4 Å². The fraction of sp³-hybridized carbons (Fsp3) is 0.480. The van der Waals surface area contributed by atoms with Crippen molar-refractivity contribution in [3.8, 4) is 17.2 Å². The smallest absolute Gasteiger partial charge is 0.392 e. The first-order valence-electron chi connectivity index (χ1n) is 11.7. The maximum atomic E-state index is 12.4. The number of nitrogens with zero attached hydrogens (tertiary/aromatic N) is 1. The molecule has 2 aromatic carbocycles. The first-order valence-corrected chi connectivity index (χ1v) is 12.5. The van der Waals surface area contributed by atoms with Gasteiger partial charge < -0.3 is 29.3 Å². The highest BCUT2D eigenvalue weighted by Crippen LogP contribution is 2.42. The summed E-state index contributed by atoms with van der Waals surface area (Å²) >= 11 is 12.1. The molecule has 202 valence electrons. The Morgan fingerprint density at radius 3 is 2.54 bits per heavy atom. The van der Waals surface area contributed by atoms with Crippen LogP contribution in [0.1, 0.15) is 35.2 Å². The topological polar surface area (TPSA) is 88.5 Å². The Morgan fingerprint density at radius 1 is 1.14 bits per heavy atom. The van der Waals surface area contributed by atoms with E-state index >= 15 is 0 Å². The van der Waals surface area contributed by atoms with Gasteiger partial charge >= 0.3 is 12.1 Å². The fourth-order valence-electron chi connectivity index (χ4n) is 4.57. The molecule has 1 spiro atoms. The summed E-state index contributed by atoms with van der Waals surface area (Å²) in [7, 11) is 0. The van der Waals surface area contributed by atoms with E-state index in [1.165, 1.54) is 0 Å². The van der Waals surface area contributed by atoms with E-state index in [1.54, 1.807) is 6.07 Å². The van der Waals surface area contributed by atoms with Crippen LogP contribution < -0.4 is 14.2 Å². The lowest BCUT2D eigenvalue weighted by molar-refractivity contribution is -0.139. The predicted molar refractivity (Wildman–Crippen MR) is 130 cm³/mol. The van der Waals surface area contributed by atoms with E-state index in [2.05, 4.69) is 4.90 Å². The standard InChI is InChI=1S/C25H26Cl2F3NO6/c26-16-1-2-20-15(9-16)12-24(37-20)3-6-31(7-4-24)13-17(32)14-36-21-11-22(35-8-5-25(28,29)30)19(27)10-18(21)23(33)34/h1-2,9-11,17,32H,3-8,12-14H2,(H,33,34)/t17-/m0/s1. The molecule has 0 saturated carbocycles. The van der Waals surface area contributed by atoms with Crippen molar-refractivity contribution in [1.82, 2.24) is 4.90 Å². The molecule has 2 N–H and O–H groups in total. The molecule has 37 heavy (non-hydrogen) atoms. The molecule has 4 rings (SSSR count). The molecule has 2 aliphatic heterocycles. The predicted octanol–water partition coefficient (Wildman–Crippen LogP) is 5.23. The molecule has 2 heterocycles. The summed E-state index contributed by atoms with van der Waals surface area (Å²) in [5.74, 6) is -0.787. The summed E-state index contributed by atoms with van der Waals surface area (Å²) in [6.45, 7) is 0.760. The fourth-order valence-corrected chi connectivity index (χ4v) is 4.98. The van der Waals surface area contributed by atoms with Crippen LogP contribution in [0.15, 0.2) is 30.3 Å². The highest BCUT2D eigenvalue weighted by molar-refractivity contribution is 6.32. The van der Waals surface area contributed by atoms with Crippen LogP contribution >= 0.6 is 23.2 Å². The average molecular weight is 564 g/mol. The molecule has 0 amide bonds. The number of ether oxygens (including phenoxy) is 3. The lowest BCUT2D eigenvalue weighted by Gasteiger charge is -2.39. The third-order valence-electron chi connectivity index (χ3n) is 6.44. The molecular weight excluding hydrogens is 538 g/mol. The Morgan fingerprint density at radius 2 is 1.86 bits per heavy atom. The number of piperidine rings is 1. The van der Waals surface area contributed by atoms with Crippen molar-refractivity contribution in [3.05, 3.63) is 51.5 Å². The Balaban J connectivity index is 1.30. The number of likely N-dealkylation sites (tertiary alicyclic amines) is 1. The summed E-state index contributed by atoms with van der Waals surface area (Å²) in [5.41, 5.74) is 0.513. The SMILES string of the molecule is O=C(O)c1cc(Cl)c(OCCC(F)(F)F)cc1OC[C@@H](O)CN1CCC2(CC1)Cc1cc(Cl)ccc1O2. The number of β-amino-alcohol motifs (C(OH)–C–C–N with tert-alkyl or cyclic N) is 1. The maximum Gasteiger partial charge on any atom is 0.392 e. The van der Waals surface area contributed by atoms with Crippen molar-refractivity contribution >= 4 is 29.2 Å². The van der Waals surface area contributed by atoms with Gasteiger partial charge in [-0.2, -0.15) is 13.2 Å². The van der Waals surface area contributed by atoms with Crippen LogP contribution in [0.25, 0.3) is 0 Å². The number of carbonyl (C=O) groups is 1. The van der Waals surface area contributed by atoms with Crippen LogP contribution in [0, 0.1) is 0 Å². The minimum absolute atomic E-state index is 0.138. The number of benzene rings is 2. The Bertz CT molecular complexity index is 1140. The van der Waals surface area contributed by atoms with E-state index in [0.29, 0.717) is 24.7 Å². The quantitative estimate of drug-likeness (QED) is 0.431. The summed E-state index contributed by atoms with van der Waals surface area (Å²) in [4.78, 5) is 13.7. The summed E-state index contributed by atoms with van der Waals surface area (Å²) < 4.78 is 54.1. The minimum atomic E-state index is -4.41. The zero-order valence-electron chi connectivity index (χ0n) is 19.7. The number of carboxylic acids is 1. The van der Waals surface area contributed by atoms with Crippen LogP contribution in [0.4, 0.5) is 13.2 Å². The van der Waals surface area contributed by atoms with Crippen molar-refractivity contribution in [2.45, 2.75) is 43.6 Å². The van der Waals surface area contributed by atoms with E-state index < -0.39 is 31.3 Å². The largest absolute Gasteiger partial charge is 0.492 e. The second-order valence-corrected chi connectivity index (χ2v) is 10.1. The number of carboxylic acid groups (broad SMARTS) is 1. The van der Waals surface area contributed by atoms with Gasteiger partial charge in [-0.25, -0.2) is 4.79 Å². The zero-order chi connectivity index (χ0) is 26.8. The molecule has 12 heteroatoms. The highest BCUT2D eigenvalue weighted by atomic mass is 35.5. The first kappa shape index (κ1) is 27.6. The molecule has 0 unspecified atom stereocenters. The van der Waals surface area contributed by atoms with Crippen molar-refractivity contribution in [3.63, 3.8) is 0 Å². The van der Waals surface area contributed by atoms with Crippen molar-refractivity contribution in [2.24, 2.45) is 0 Å². The molecule has 2 aromatic rings. The highest BCUT2D eigenvalue weighted by Gasteiger charge is 2.42. The van der Waals surface area contributed by atoms with Gasteiger partial charge in [0.25, 0.3) is 0 Å². The third-order valence-corrected chi connectivity index (χ3v) is 6.97. The lowest BCUT2D eigenvalue weighted by Crippen LogP contribution is -2.49. The van der Waals surface area contributed by atoms with E-state index in [1.807, 2.05) is 12.1 Å². The van der Waals surface area contributed by atoms with Crippen molar-refractivity contribution in [2.75, 3.05) is 32.8 Å². The number of rotatable bonds is 9. The molecular formula is C25H26Cl2F3NO6. The average Bonchev–Trinajstić information content (AvgIpc) is 3.16. The maximum absolute atomic E-state index is 12.4. The molecule has 0 aromatic heterocycles. The molecule has 0 radical (unpaired) electrons. The molecule has 7 nitrogen and oxygen atoms in total. The third kappa shape index (κ3) is 7.13. The number of aromatic carboxylic acids is 1. The van der Waals surface area contributed by atoms with Crippen molar-refractivity contribution in [1.29, 1.82) is 0 Å². The van der Waals surface area contributed by atoms with E-state index in [0.717, 1.165) is 42.7 Å².